The van der Waals surface area contributed by atoms with Crippen molar-refractivity contribution >= 4 is 21.7 Å². The smallest absolute Gasteiger partial charge is 0.307 e. The number of aliphatic carboxylic acids is 1. The van der Waals surface area contributed by atoms with Crippen molar-refractivity contribution in [3.8, 4) is 0 Å². The van der Waals surface area contributed by atoms with Crippen LogP contribution in [-0.4, -0.2) is 36.4 Å². The number of carbonyl (C=O) groups is 2. The van der Waals surface area contributed by atoms with Gasteiger partial charge in [-0.15, -0.1) is 0 Å². The van der Waals surface area contributed by atoms with Crippen LogP contribution in [0.15, 0.2) is 24.3 Å². The van der Waals surface area contributed by atoms with Crippen LogP contribution in [0, 0.1) is 0 Å². The maximum absolute atomic E-state index is 12.0. The second kappa shape index (κ2) is 6.26. The Morgan fingerprint density at radius 2 is 1.71 bits per heavy atom. The van der Waals surface area contributed by atoms with Gasteiger partial charge in [0.15, 0.2) is 9.84 Å². The van der Waals surface area contributed by atoms with Gasteiger partial charge in [0, 0.05) is 12.8 Å². The predicted octanol–water partition coefficient (Wildman–Crippen LogP) is 0.753. The molecule has 7 heteroatoms. The summed E-state index contributed by atoms with van der Waals surface area (Å²) in [5.41, 5.74) is 1.24. The summed E-state index contributed by atoms with van der Waals surface area (Å²) in [7, 11) is -3.54. The van der Waals surface area contributed by atoms with Crippen LogP contribution in [0.4, 0.5) is 0 Å². The monoisotopic (exact) mass is 313 g/mol. The zero-order valence-electron chi connectivity index (χ0n) is 12.2. The van der Waals surface area contributed by atoms with Gasteiger partial charge in [0.1, 0.15) is 4.75 Å². The molecule has 0 saturated heterocycles. The fourth-order valence-electron chi connectivity index (χ4n) is 1.62. The summed E-state index contributed by atoms with van der Waals surface area (Å²) in [5.74, 6) is -1.58. The Hall–Kier alpha value is -1.89. The van der Waals surface area contributed by atoms with Gasteiger partial charge in [-0.1, -0.05) is 24.3 Å². The Balaban J connectivity index is 2.85. The average Bonchev–Trinajstić information content (AvgIpc) is 2.35. The Morgan fingerprint density at radius 1 is 1.19 bits per heavy atom. The van der Waals surface area contributed by atoms with Crippen molar-refractivity contribution in [2.24, 2.45) is 0 Å². The number of carboxylic acids is 1. The van der Waals surface area contributed by atoms with Gasteiger partial charge >= 0.3 is 5.97 Å². The Bertz CT molecular complexity index is 649. The van der Waals surface area contributed by atoms with Gasteiger partial charge in [0.05, 0.1) is 6.42 Å². The lowest BCUT2D eigenvalue weighted by atomic mass is 10.0. The highest BCUT2D eigenvalue weighted by Gasteiger charge is 2.38. The highest BCUT2D eigenvalue weighted by molar-refractivity contribution is 7.92. The highest BCUT2D eigenvalue weighted by atomic mass is 32.2. The second-order valence-corrected chi connectivity index (χ2v) is 7.87. The van der Waals surface area contributed by atoms with Gasteiger partial charge < -0.3 is 10.4 Å². The summed E-state index contributed by atoms with van der Waals surface area (Å²) < 4.78 is 21.6. The van der Waals surface area contributed by atoms with Crippen LogP contribution >= 0.6 is 0 Å². The summed E-state index contributed by atoms with van der Waals surface area (Å²) in [4.78, 5) is 22.8. The fraction of sp³-hybridized carbons (Fsp3) is 0.429. The molecule has 0 aromatic heterocycles. The van der Waals surface area contributed by atoms with Crippen molar-refractivity contribution in [3.05, 3.63) is 35.4 Å². The summed E-state index contributed by atoms with van der Waals surface area (Å²) >= 11 is 0. The lowest BCUT2D eigenvalue weighted by Gasteiger charge is -2.21. The molecule has 0 aliphatic carbocycles. The van der Waals surface area contributed by atoms with E-state index in [2.05, 4.69) is 5.32 Å². The van der Waals surface area contributed by atoms with Crippen LogP contribution in [0.3, 0.4) is 0 Å². The Morgan fingerprint density at radius 3 is 2.19 bits per heavy atom. The van der Waals surface area contributed by atoms with E-state index < -0.39 is 26.5 Å². The molecular weight excluding hydrogens is 294 g/mol. The molecule has 0 saturated carbocycles. The number of nitrogens with one attached hydrogen (secondary N) is 1. The van der Waals surface area contributed by atoms with Crippen molar-refractivity contribution < 1.29 is 23.1 Å². The molecule has 6 nitrogen and oxygen atoms in total. The van der Waals surface area contributed by atoms with E-state index in [1.165, 1.54) is 13.8 Å². The van der Waals surface area contributed by atoms with Crippen LogP contribution in [0.2, 0.25) is 0 Å². The number of carboxylic acid groups (broad SMARTS) is 1. The molecule has 1 aromatic carbocycles. The van der Waals surface area contributed by atoms with Crippen molar-refractivity contribution in [2.75, 3.05) is 6.26 Å². The largest absolute Gasteiger partial charge is 0.481 e. The normalized spacial score (nSPS) is 12.0. The number of hydrogen-bond acceptors (Lipinski definition) is 4. The minimum atomic E-state index is -3.54. The van der Waals surface area contributed by atoms with Gasteiger partial charge in [0.2, 0.25) is 5.91 Å². The minimum Gasteiger partial charge on any atom is -0.481 e. The molecule has 1 amide bonds. The number of hydrogen-bond donors (Lipinski definition) is 2. The van der Waals surface area contributed by atoms with E-state index in [-0.39, 0.29) is 13.0 Å². The highest BCUT2D eigenvalue weighted by Crippen LogP contribution is 2.16. The van der Waals surface area contributed by atoms with Crippen molar-refractivity contribution in [3.63, 3.8) is 0 Å². The van der Waals surface area contributed by atoms with Crippen LogP contribution in [0.5, 0.6) is 0 Å². The van der Waals surface area contributed by atoms with E-state index in [0.29, 0.717) is 11.1 Å². The number of sulfone groups is 1. The van der Waals surface area contributed by atoms with Gasteiger partial charge in [-0.2, -0.15) is 0 Å². The summed E-state index contributed by atoms with van der Waals surface area (Å²) in [6.07, 6.45) is 0.854. The zero-order chi connectivity index (χ0) is 16.3. The number of benzene rings is 1. The van der Waals surface area contributed by atoms with Gasteiger partial charge in [-0.3, -0.25) is 9.59 Å². The maximum Gasteiger partial charge on any atom is 0.307 e. The molecule has 0 heterocycles. The zero-order valence-corrected chi connectivity index (χ0v) is 13.0. The standard InChI is InChI=1S/C14H19NO5S/c1-14(2,21(3,19)20)13(18)15-9-11-7-5-4-6-10(11)8-12(16)17/h4-7H,8-9H2,1-3H3,(H,15,18)(H,16,17). The van der Waals surface area contributed by atoms with Crippen LogP contribution < -0.4 is 5.32 Å². The van der Waals surface area contributed by atoms with Crippen molar-refractivity contribution in [1.82, 2.24) is 5.32 Å². The molecule has 21 heavy (non-hydrogen) atoms. The van der Waals surface area contributed by atoms with E-state index in [1.54, 1.807) is 24.3 Å². The molecule has 0 bridgehead atoms. The Labute approximate surface area is 124 Å². The fourth-order valence-corrected chi connectivity index (χ4v) is 2.03. The molecule has 0 radical (unpaired) electrons. The number of rotatable bonds is 6. The molecule has 0 fully saturated rings. The molecule has 116 valence electrons. The van der Waals surface area contributed by atoms with Crippen molar-refractivity contribution in [2.45, 2.75) is 31.6 Å². The first-order chi connectivity index (χ1) is 9.55. The SMILES string of the molecule is CC(C)(C(=O)NCc1ccccc1CC(=O)O)S(C)(=O)=O. The third kappa shape index (κ3) is 4.29. The first-order valence-electron chi connectivity index (χ1n) is 6.32. The molecule has 0 spiro atoms. The minimum absolute atomic E-state index is 0.0846. The van der Waals surface area contributed by atoms with E-state index in [4.69, 9.17) is 5.11 Å². The molecule has 1 aromatic rings. The first-order valence-corrected chi connectivity index (χ1v) is 8.21. The van der Waals surface area contributed by atoms with E-state index in [9.17, 15) is 18.0 Å². The predicted molar refractivity (Wildman–Crippen MR) is 78.6 cm³/mol. The molecular formula is C14H19NO5S. The van der Waals surface area contributed by atoms with Crippen LogP contribution in [0.1, 0.15) is 25.0 Å². The average molecular weight is 313 g/mol. The molecule has 1 rings (SSSR count). The summed E-state index contributed by atoms with van der Waals surface area (Å²) in [5, 5.41) is 11.4. The molecule has 2 N–H and O–H groups in total. The molecule has 0 aliphatic rings. The number of carbonyl (C=O) groups excluding carboxylic acids is 1. The van der Waals surface area contributed by atoms with E-state index in [0.717, 1.165) is 6.26 Å². The third-order valence-electron chi connectivity index (χ3n) is 3.37. The summed E-state index contributed by atoms with van der Waals surface area (Å²) in [6, 6.07) is 6.81. The lowest BCUT2D eigenvalue weighted by molar-refractivity contribution is -0.136. The molecule has 0 atom stereocenters. The van der Waals surface area contributed by atoms with Crippen LogP contribution in [-0.2, 0) is 32.4 Å². The second-order valence-electron chi connectivity index (χ2n) is 5.30. The van der Waals surface area contributed by atoms with Gasteiger partial charge in [-0.05, 0) is 25.0 Å². The van der Waals surface area contributed by atoms with Crippen molar-refractivity contribution in [1.29, 1.82) is 0 Å². The van der Waals surface area contributed by atoms with E-state index >= 15 is 0 Å². The quantitative estimate of drug-likeness (QED) is 0.807. The van der Waals surface area contributed by atoms with Crippen LogP contribution in [0.25, 0.3) is 0 Å². The summed E-state index contributed by atoms with van der Waals surface area (Å²) in [6.45, 7) is 2.75. The molecule has 0 aliphatic heterocycles. The number of amides is 1. The molecule has 0 unspecified atom stereocenters. The third-order valence-corrected chi connectivity index (χ3v) is 5.41. The Kier molecular flexibility index (Phi) is 5.11. The van der Waals surface area contributed by atoms with Gasteiger partial charge in [-0.25, -0.2) is 8.42 Å². The first kappa shape index (κ1) is 17.2. The maximum atomic E-state index is 12.0. The lowest BCUT2D eigenvalue weighted by Crippen LogP contribution is -2.47. The topological polar surface area (TPSA) is 101 Å². The van der Waals surface area contributed by atoms with E-state index in [1.807, 2.05) is 0 Å². The van der Waals surface area contributed by atoms with Gasteiger partial charge in [0.25, 0.3) is 0 Å².